The number of carboxylic acid groups (broad SMARTS) is 1. The molecule has 84 valence electrons. The molecule has 0 heterocycles. The summed E-state index contributed by atoms with van der Waals surface area (Å²) in [6.07, 6.45) is -0.502. The second-order valence-corrected chi connectivity index (χ2v) is 2.84. The van der Waals surface area contributed by atoms with Gasteiger partial charge in [0.05, 0.1) is 6.42 Å². The monoisotopic (exact) mass is 237 g/mol. The van der Waals surface area contributed by atoms with Crippen LogP contribution in [-0.4, -0.2) is 11.1 Å². The van der Waals surface area contributed by atoms with Crippen LogP contribution >= 0.6 is 12.4 Å². The summed E-state index contributed by atoms with van der Waals surface area (Å²) in [6.45, 7) is 0. The highest BCUT2D eigenvalue weighted by Gasteiger charge is 2.18. The minimum absolute atomic E-state index is 0. The molecule has 1 rings (SSSR count). The SMILES string of the molecule is Cl.N[C@@H](CC(=O)O)c1c(F)cccc1F. The van der Waals surface area contributed by atoms with Crippen molar-refractivity contribution in [2.24, 2.45) is 5.73 Å². The average Bonchev–Trinajstić information content (AvgIpc) is 2.01. The Bertz CT molecular complexity index is 340. The van der Waals surface area contributed by atoms with Crippen LogP contribution in [0.25, 0.3) is 0 Å². The Kier molecular flexibility index (Phi) is 5.18. The lowest BCUT2D eigenvalue weighted by Crippen LogP contribution is -2.17. The highest BCUT2D eigenvalue weighted by Crippen LogP contribution is 2.20. The van der Waals surface area contributed by atoms with Gasteiger partial charge in [-0.15, -0.1) is 12.4 Å². The molecule has 0 amide bonds. The van der Waals surface area contributed by atoms with Crippen molar-refractivity contribution < 1.29 is 18.7 Å². The Morgan fingerprint density at radius 3 is 2.27 bits per heavy atom. The molecule has 0 aromatic heterocycles. The van der Waals surface area contributed by atoms with Crippen LogP contribution < -0.4 is 5.73 Å². The number of aliphatic carboxylic acids is 1. The smallest absolute Gasteiger partial charge is 0.305 e. The molecule has 0 aliphatic heterocycles. The minimum atomic E-state index is -1.19. The topological polar surface area (TPSA) is 63.3 Å². The molecule has 0 aliphatic carbocycles. The van der Waals surface area contributed by atoms with E-state index >= 15 is 0 Å². The first kappa shape index (κ1) is 13.8. The normalized spacial score (nSPS) is 11.7. The third-order valence-corrected chi connectivity index (χ3v) is 1.77. The van der Waals surface area contributed by atoms with Gasteiger partial charge >= 0.3 is 5.97 Å². The van der Waals surface area contributed by atoms with E-state index < -0.39 is 30.1 Å². The summed E-state index contributed by atoms with van der Waals surface area (Å²) in [7, 11) is 0. The quantitative estimate of drug-likeness (QED) is 0.844. The molecular formula is C9H10ClF2NO2. The fourth-order valence-electron chi connectivity index (χ4n) is 1.16. The summed E-state index contributed by atoms with van der Waals surface area (Å²) in [5.41, 5.74) is 4.96. The van der Waals surface area contributed by atoms with Gasteiger partial charge in [0.1, 0.15) is 11.6 Å². The Morgan fingerprint density at radius 2 is 1.87 bits per heavy atom. The van der Waals surface area contributed by atoms with Crippen molar-refractivity contribution >= 4 is 18.4 Å². The molecular weight excluding hydrogens is 228 g/mol. The number of benzene rings is 1. The van der Waals surface area contributed by atoms with Crippen LogP contribution in [0.1, 0.15) is 18.0 Å². The number of hydrogen-bond acceptors (Lipinski definition) is 2. The van der Waals surface area contributed by atoms with Crippen LogP contribution in [0.2, 0.25) is 0 Å². The van der Waals surface area contributed by atoms with E-state index in [9.17, 15) is 13.6 Å². The lowest BCUT2D eigenvalue weighted by molar-refractivity contribution is -0.137. The predicted octanol–water partition coefficient (Wildman–Crippen LogP) is 1.86. The van der Waals surface area contributed by atoms with Crippen LogP contribution in [0.3, 0.4) is 0 Å². The van der Waals surface area contributed by atoms with E-state index in [-0.39, 0.29) is 18.0 Å². The highest BCUT2D eigenvalue weighted by atomic mass is 35.5. The number of halogens is 3. The summed E-state index contributed by atoms with van der Waals surface area (Å²) < 4.78 is 26.1. The van der Waals surface area contributed by atoms with Crippen molar-refractivity contribution in [3.8, 4) is 0 Å². The summed E-state index contributed by atoms with van der Waals surface area (Å²) in [6, 6.07) is 2.12. The van der Waals surface area contributed by atoms with Gasteiger partial charge in [0.15, 0.2) is 0 Å². The second-order valence-electron chi connectivity index (χ2n) is 2.84. The van der Waals surface area contributed by atoms with E-state index in [1.54, 1.807) is 0 Å². The molecule has 6 heteroatoms. The van der Waals surface area contributed by atoms with Crippen molar-refractivity contribution in [2.75, 3.05) is 0 Å². The molecule has 0 spiro atoms. The van der Waals surface area contributed by atoms with Gasteiger partial charge in [0, 0.05) is 11.6 Å². The fourth-order valence-corrected chi connectivity index (χ4v) is 1.16. The second kappa shape index (κ2) is 5.63. The van der Waals surface area contributed by atoms with Gasteiger partial charge in [-0.3, -0.25) is 4.79 Å². The minimum Gasteiger partial charge on any atom is -0.481 e. The predicted molar refractivity (Wildman–Crippen MR) is 52.8 cm³/mol. The molecule has 0 fully saturated rings. The summed E-state index contributed by atoms with van der Waals surface area (Å²) in [5.74, 6) is -2.84. The molecule has 0 bridgehead atoms. The lowest BCUT2D eigenvalue weighted by atomic mass is 10.0. The van der Waals surface area contributed by atoms with E-state index in [1.165, 1.54) is 6.07 Å². The van der Waals surface area contributed by atoms with Gasteiger partial charge in [0.25, 0.3) is 0 Å². The number of carboxylic acids is 1. The first-order valence-corrected chi connectivity index (χ1v) is 3.93. The van der Waals surface area contributed by atoms with Crippen LogP contribution in [0.5, 0.6) is 0 Å². The van der Waals surface area contributed by atoms with Crippen LogP contribution in [0.15, 0.2) is 18.2 Å². The Morgan fingerprint density at radius 1 is 1.40 bits per heavy atom. The van der Waals surface area contributed by atoms with Gasteiger partial charge in [-0.1, -0.05) is 6.07 Å². The van der Waals surface area contributed by atoms with E-state index in [4.69, 9.17) is 10.8 Å². The van der Waals surface area contributed by atoms with E-state index in [2.05, 4.69) is 0 Å². The maximum atomic E-state index is 13.0. The van der Waals surface area contributed by atoms with E-state index in [0.29, 0.717) is 0 Å². The molecule has 0 unspecified atom stereocenters. The average molecular weight is 238 g/mol. The van der Waals surface area contributed by atoms with Gasteiger partial charge in [0.2, 0.25) is 0 Å². The third kappa shape index (κ3) is 3.45. The van der Waals surface area contributed by atoms with Crippen molar-refractivity contribution in [3.05, 3.63) is 35.4 Å². The Hall–Kier alpha value is -1.20. The zero-order valence-corrected chi connectivity index (χ0v) is 8.43. The largest absolute Gasteiger partial charge is 0.481 e. The van der Waals surface area contributed by atoms with Crippen LogP contribution in [0.4, 0.5) is 8.78 Å². The number of nitrogens with two attached hydrogens (primary N) is 1. The molecule has 3 nitrogen and oxygen atoms in total. The number of hydrogen-bond donors (Lipinski definition) is 2. The molecule has 0 aliphatic rings. The van der Waals surface area contributed by atoms with Crippen molar-refractivity contribution in [1.29, 1.82) is 0 Å². The summed E-state index contributed by atoms with van der Waals surface area (Å²) >= 11 is 0. The third-order valence-electron chi connectivity index (χ3n) is 1.77. The fraction of sp³-hybridized carbons (Fsp3) is 0.222. The van der Waals surface area contributed by atoms with Gasteiger partial charge < -0.3 is 10.8 Å². The first-order chi connectivity index (χ1) is 6.52. The van der Waals surface area contributed by atoms with Crippen LogP contribution in [0, 0.1) is 11.6 Å². The number of carbonyl (C=O) groups is 1. The molecule has 15 heavy (non-hydrogen) atoms. The Balaban J connectivity index is 0.00000196. The number of rotatable bonds is 3. The highest BCUT2D eigenvalue weighted by molar-refractivity contribution is 5.85. The molecule has 1 aromatic rings. The summed E-state index contributed by atoms with van der Waals surface area (Å²) in [5, 5.41) is 8.40. The van der Waals surface area contributed by atoms with E-state index in [1.807, 2.05) is 0 Å². The molecule has 0 radical (unpaired) electrons. The maximum Gasteiger partial charge on any atom is 0.305 e. The van der Waals surface area contributed by atoms with Gasteiger partial charge in [-0.25, -0.2) is 8.78 Å². The Labute approximate surface area is 91.3 Å². The van der Waals surface area contributed by atoms with Crippen molar-refractivity contribution in [2.45, 2.75) is 12.5 Å². The van der Waals surface area contributed by atoms with Gasteiger partial charge in [-0.2, -0.15) is 0 Å². The molecule has 3 N–H and O–H groups in total. The maximum absolute atomic E-state index is 13.0. The van der Waals surface area contributed by atoms with Crippen molar-refractivity contribution in [3.63, 3.8) is 0 Å². The standard InChI is InChI=1S/C9H9F2NO2.ClH/c10-5-2-1-3-6(11)9(5)7(12)4-8(13)14;/h1-3,7H,4,12H2,(H,13,14);1H/t7-;/m0./s1. The molecule has 0 saturated heterocycles. The van der Waals surface area contributed by atoms with E-state index in [0.717, 1.165) is 12.1 Å². The molecule has 1 atom stereocenters. The summed E-state index contributed by atoms with van der Waals surface area (Å²) in [4.78, 5) is 10.3. The van der Waals surface area contributed by atoms with Crippen molar-refractivity contribution in [1.82, 2.24) is 0 Å². The molecule has 0 saturated carbocycles. The lowest BCUT2D eigenvalue weighted by Gasteiger charge is -2.10. The van der Waals surface area contributed by atoms with Crippen LogP contribution in [-0.2, 0) is 4.79 Å². The zero-order valence-electron chi connectivity index (χ0n) is 7.61. The van der Waals surface area contributed by atoms with Gasteiger partial charge in [-0.05, 0) is 12.1 Å². The first-order valence-electron chi connectivity index (χ1n) is 3.93. The molecule has 1 aromatic carbocycles. The zero-order chi connectivity index (χ0) is 10.7.